The second kappa shape index (κ2) is 13.2. The minimum Gasteiger partial charge on any atom is -0.493 e. The normalized spacial score (nSPS) is 16.8. The van der Waals surface area contributed by atoms with Gasteiger partial charge in [-0.3, -0.25) is 4.99 Å². The van der Waals surface area contributed by atoms with Crippen molar-refractivity contribution >= 4 is 5.96 Å². The lowest BCUT2D eigenvalue weighted by Crippen LogP contribution is -2.38. The first-order valence-corrected chi connectivity index (χ1v) is 10.2. The lowest BCUT2D eigenvalue weighted by Gasteiger charge is -2.13. The van der Waals surface area contributed by atoms with Crippen LogP contribution in [0.1, 0.15) is 31.7 Å². The lowest BCUT2D eigenvalue weighted by molar-refractivity contribution is 0.0420. The predicted octanol–water partition coefficient (Wildman–Crippen LogP) is 2.39. The molecule has 1 unspecified atom stereocenters. The molecule has 7 heteroatoms. The molecular weight excluding hydrogens is 358 g/mol. The first kappa shape index (κ1) is 22.3. The van der Waals surface area contributed by atoms with Crippen molar-refractivity contribution in [2.45, 2.75) is 38.7 Å². The van der Waals surface area contributed by atoms with Crippen LogP contribution < -0.4 is 20.1 Å². The molecule has 1 heterocycles. The van der Waals surface area contributed by atoms with E-state index >= 15 is 0 Å². The Kier molecular flexibility index (Phi) is 10.5. The number of nitrogens with one attached hydrogen (secondary N) is 2. The van der Waals surface area contributed by atoms with E-state index in [0.717, 1.165) is 82.6 Å². The van der Waals surface area contributed by atoms with Gasteiger partial charge in [-0.15, -0.1) is 0 Å². The number of aryl methyl sites for hydroxylation is 1. The zero-order valence-electron chi connectivity index (χ0n) is 17.5. The van der Waals surface area contributed by atoms with Crippen molar-refractivity contribution in [1.29, 1.82) is 0 Å². The lowest BCUT2D eigenvalue weighted by atomic mass is 10.1. The molecule has 0 radical (unpaired) electrons. The number of nitrogens with zero attached hydrogens (tertiary/aromatic N) is 1. The molecule has 1 aromatic carbocycles. The molecule has 0 saturated carbocycles. The summed E-state index contributed by atoms with van der Waals surface area (Å²) in [5, 5.41) is 6.66. The molecule has 2 N–H and O–H groups in total. The molecule has 28 heavy (non-hydrogen) atoms. The van der Waals surface area contributed by atoms with Crippen molar-refractivity contribution in [3.63, 3.8) is 0 Å². The van der Waals surface area contributed by atoms with Crippen LogP contribution in [0.3, 0.4) is 0 Å². The highest BCUT2D eigenvalue weighted by atomic mass is 16.5. The molecular formula is C21H35N3O4. The highest BCUT2D eigenvalue weighted by molar-refractivity contribution is 5.79. The molecule has 0 aliphatic carbocycles. The number of hydrogen-bond acceptors (Lipinski definition) is 5. The third kappa shape index (κ3) is 7.94. The molecule has 1 aliphatic rings. The van der Waals surface area contributed by atoms with Gasteiger partial charge in [0, 0.05) is 32.8 Å². The van der Waals surface area contributed by atoms with Crippen LogP contribution in [0, 0.1) is 0 Å². The van der Waals surface area contributed by atoms with Gasteiger partial charge in [-0.1, -0.05) is 6.07 Å². The smallest absolute Gasteiger partial charge is 0.191 e. The maximum Gasteiger partial charge on any atom is 0.191 e. The Morgan fingerprint density at radius 1 is 1.18 bits per heavy atom. The van der Waals surface area contributed by atoms with Gasteiger partial charge in [-0.05, 0) is 50.3 Å². The third-order valence-electron chi connectivity index (χ3n) is 4.54. The van der Waals surface area contributed by atoms with Gasteiger partial charge in [0.1, 0.15) is 0 Å². The standard InChI is InChI=1S/C21H35N3O4/c1-4-22-21(24-12-6-13-28-18-10-14-27-16-18)23-11-5-7-17-8-9-19(25-2)20(15-17)26-3/h8-9,15,18H,4-7,10-14,16H2,1-3H3,(H2,22,23,24). The zero-order chi connectivity index (χ0) is 20.0. The van der Waals surface area contributed by atoms with E-state index in [2.05, 4.69) is 28.6 Å². The second-order valence-corrected chi connectivity index (χ2v) is 6.69. The monoisotopic (exact) mass is 393 g/mol. The van der Waals surface area contributed by atoms with E-state index in [1.807, 2.05) is 12.1 Å². The van der Waals surface area contributed by atoms with Crippen LogP contribution in [0.15, 0.2) is 23.2 Å². The molecule has 2 rings (SSSR count). The Labute approximate surface area is 168 Å². The van der Waals surface area contributed by atoms with Gasteiger partial charge < -0.3 is 29.6 Å². The molecule has 0 spiro atoms. The summed E-state index contributed by atoms with van der Waals surface area (Å²) in [7, 11) is 3.31. The first-order valence-electron chi connectivity index (χ1n) is 10.2. The number of aliphatic imine (C=N–C) groups is 1. The third-order valence-corrected chi connectivity index (χ3v) is 4.54. The molecule has 1 aliphatic heterocycles. The van der Waals surface area contributed by atoms with E-state index in [4.69, 9.17) is 18.9 Å². The van der Waals surface area contributed by atoms with Crippen LogP contribution in [-0.2, 0) is 15.9 Å². The van der Waals surface area contributed by atoms with Crippen LogP contribution in [0.4, 0.5) is 0 Å². The van der Waals surface area contributed by atoms with Gasteiger partial charge >= 0.3 is 0 Å². The van der Waals surface area contributed by atoms with Crippen molar-refractivity contribution in [3.8, 4) is 11.5 Å². The van der Waals surface area contributed by atoms with Crippen LogP contribution in [0.5, 0.6) is 11.5 Å². The summed E-state index contributed by atoms with van der Waals surface area (Å²) in [4.78, 5) is 4.66. The van der Waals surface area contributed by atoms with E-state index in [0.29, 0.717) is 0 Å². The summed E-state index contributed by atoms with van der Waals surface area (Å²) in [6, 6.07) is 6.05. The van der Waals surface area contributed by atoms with Crippen molar-refractivity contribution < 1.29 is 18.9 Å². The summed E-state index contributed by atoms with van der Waals surface area (Å²) in [5.74, 6) is 2.39. The van der Waals surface area contributed by atoms with Crippen molar-refractivity contribution in [2.24, 2.45) is 4.99 Å². The zero-order valence-corrected chi connectivity index (χ0v) is 17.5. The Morgan fingerprint density at radius 2 is 2.04 bits per heavy atom. The number of guanidine groups is 1. The number of hydrogen-bond donors (Lipinski definition) is 2. The van der Waals surface area contributed by atoms with Gasteiger partial charge in [0.2, 0.25) is 0 Å². The Balaban J connectivity index is 1.66. The van der Waals surface area contributed by atoms with Crippen LogP contribution in [0.25, 0.3) is 0 Å². The van der Waals surface area contributed by atoms with Gasteiger partial charge in [-0.25, -0.2) is 0 Å². The second-order valence-electron chi connectivity index (χ2n) is 6.69. The maximum absolute atomic E-state index is 5.78. The topological polar surface area (TPSA) is 73.3 Å². The van der Waals surface area contributed by atoms with Crippen molar-refractivity contribution in [2.75, 3.05) is 53.7 Å². The Morgan fingerprint density at radius 3 is 2.75 bits per heavy atom. The summed E-state index contributed by atoms with van der Waals surface area (Å²) in [6.07, 6.45) is 4.15. The average molecular weight is 394 g/mol. The number of methoxy groups -OCH3 is 2. The van der Waals surface area contributed by atoms with Crippen LogP contribution in [-0.4, -0.2) is 65.7 Å². The van der Waals surface area contributed by atoms with Gasteiger partial charge in [0.25, 0.3) is 0 Å². The fourth-order valence-corrected chi connectivity index (χ4v) is 3.03. The Bertz CT molecular complexity index is 589. The SMILES string of the molecule is CCNC(=NCCCc1ccc(OC)c(OC)c1)NCCCOC1CCOC1. The van der Waals surface area contributed by atoms with E-state index in [1.54, 1.807) is 14.2 Å². The molecule has 1 aromatic rings. The largest absolute Gasteiger partial charge is 0.493 e. The first-order chi connectivity index (χ1) is 13.8. The molecule has 1 fully saturated rings. The molecule has 1 atom stereocenters. The fraction of sp³-hybridized carbons (Fsp3) is 0.667. The van der Waals surface area contributed by atoms with E-state index < -0.39 is 0 Å². The molecule has 0 aromatic heterocycles. The maximum atomic E-state index is 5.78. The molecule has 158 valence electrons. The average Bonchev–Trinajstić information content (AvgIpc) is 3.24. The van der Waals surface area contributed by atoms with Crippen molar-refractivity contribution in [1.82, 2.24) is 10.6 Å². The minimum atomic E-state index is 0.276. The van der Waals surface area contributed by atoms with E-state index in [-0.39, 0.29) is 6.10 Å². The summed E-state index contributed by atoms with van der Waals surface area (Å²) in [5.41, 5.74) is 1.22. The molecule has 7 nitrogen and oxygen atoms in total. The molecule has 1 saturated heterocycles. The number of benzene rings is 1. The Hall–Kier alpha value is -1.99. The van der Waals surface area contributed by atoms with Crippen LogP contribution in [0.2, 0.25) is 0 Å². The number of rotatable bonds is 12. The minimum absolute atomic E-state index is 0.276. The van der Waals surface area contributed by atoms with Gasteiger partial charge in [-0.2, -0.15) is 0 Å². The highest BCUT2D eigenvalue weighted by Gasteiger charge is 2.15. The van der Waals surface area contributed by atoms with Crippen molar-refractivity contribution in [3.05, 3.63) is 23.8 Å². The van der Waals surface area contributed by atoms with Gasteiger partial charge in [0.15, 0.2) is 17.5 Å². The summed E-state index contributed by atoms with van der Waals surface area (Å²) < 4.78 is 21.7. The van der Waals surface area contributed by atoms with Crippen LogP contribution >= 0.6 is 0 Å². The summed E-state index contributed by atoms with van der Waals surface area (Å²) in [6.45, 7) is 6.83. The molecule has 0 bridgehead atoms. The quantitative estimate of drug-likeness (QED) is 0.323. The summed E-state index contributed by atoms with van der Waals surface area (Å²) >= 11 is 0. The molecule has 0 amide bonds. The predicted molar refractivity (Wildman–Crippen MR) is 112 cm³/mol. The van der Waals surface area contributed by atoms with Gasteiger partial charge in [0.05, 0.1) is 26.9 Å². The fourth-order valence-electron chi connectivity index (χ4n) is 3.03. The van der Waals surface area contributed by atoms with E-state index in [9.17, 15) is 0 Å². The van der Waals surface area contributed by atoms with E-state index in [1.165, 1.54) is 5.56 Å². The highest BCUT2D eigenvalue weighted by Crippen LogP contribution is 2.27. The number of ether oxygens (including phenoxy) is 4.